The number of aromatic nitrogens is 1. The zero-order valence-corrected chi connectivity index (χ0v) is 11.3. The van der Waals surface area contributed by atoms with Gasteiger partial charge in [0.2, 0.25) is 0 Å². The van der Waals surface area contributed by atoms with Crippen molar-refractivity contribution in [1.82, 2.24) is 9.88 Å². The first-order valence-corrected chi connectivity index (χ1v) is 6.58. The van der Waals surface area contributed by atoms with Crippen LogP contribution in [0.3, 0.4) is 0 Å². The van der Waals surface area contributed by atoms with Crippen molar-refractivity contribution >= 4 is 5.69 Å². The quantitative estimate of drug-likeness (QED) is 0.739. The van der Waals surface area contributed by atoms with Gasteiger partial charge in [-0.25, -0.2) is 0 Å². The average molecular weight is 235 g/mol. The molecule has 17 heavy (non-hydrogen) atoms. The number of hydrogen-bond donors (Lipinski definition) is 1. The Hall–Kier alpha value is -1.09. The molecule has 96 valence electrons. The third-order valence-corrected chi connectivity index (χ3v) is 2.99. The maximum Gasteiger partial charge on any atom is 0.0545 e. The predicted octanol–water partition coefficient (Wildman–Crippen LogP) is 3.06. The first-order valence-electron chi connectivity index (χ1n) is 6.58. The molecular weight excluding hydrogens is 210 g/mol. The summed E-state index contributed by atoms with van der Waals surface area (Å²) in [5.41, 5.74) is 7.47. The number of nitrogen functional groups attached to an aromatic ring is 1. The number of nitrogens with zero attached hydrogens (tertiary/aromatic N) is 2. The van der Waals surface area contributed by atoms with E-state index in [1.807, 2.05) is 12.1 Å². The van der Waals surface area contributed by atoms with Crippen molar-refractivity contribution in [2.75, 3.05) is 12.3 Å². The molecule has 0 amide bonds. The van der Waals surface area contributed by atoms with Gasteiger partial charge in [0.1, 0.15) is 0 Å². The monoisotopic (exact) mass is 235 g/mol. The van der Waals surface area contributed by atoms with Crippen molar-refractivity contribution in [2.45, 2.75) is 52.6 Å². The lowest BCUT2D eigenvalue weighted by molar-refractivity contribution is 0.206. The van der Waals surface area contributed by atoms with Gasteiger partial charge >= 0.3 is 0 Å². The number of unbranched alkanes of at least 4 members (excludes halogenated alkanes) is 2. The molecule has 0 spiro atoms. The molecule has 1 aromatic rings. The zero-order chi connectivity index (χ0) is 12.7. The summed E-state index contributed by atoms with van der Waals surface area (Å²) in [5.74, 6) is 0. The van der Waals surface area contributed by atoms with Crippen LogP contribution in [0.2, 0.25) is 0 Å². The molecule has 3 nitrogen and oxygen atoms in total. The minimum atomic E-state index is 0.561. The molecule has 0 aromatic carbocycles. The van der Waals surface area contributed by atoms with Gasteiger partial charge in [0.25, 0.3) is 0 Å². The van der Waals surface area contributed by atoms with Crippen molar-refractivity contribution in [3.63, 3.8) is 0 Å². The van der Waals surface area contributed by atoms with Crippen LogP contribution in [0.25, 0.3) is 0 Å². The molecule has 0 fully saturated rings. The highest BCUT2D eigenvalue weighted by Crippen LogP contribution is 2.09. The Balaban J connectivity index is 2.51. The normalized spacial score (nSPS) is 11.4. The van der Waals surface area contributed by atoms with E-state index in [2.05, 4.69) is 30.7 Å². The summed E-state index contributed by atoms with van der Waals surface area (Å²) in [6.45, 7) is 8.78. The molecule has 1 rings (SSSR count). The molecule has 0 saturated heterocycles. The second-order valence-corrected chi connectivity index (χ2v) is 4.85. The fraction of sp³-hybridized carbons (Fsp3) is 0.643. The Bertz CT molecular complexity index is 306. The summed E-state index contributed by atoms with van der Waals surface area (Å²) in [6.07, 6.45) is 5.58. The van der Waals surface area contributed by atoms with Crippen molar-refractivity contribution in [2.24, 2.45) is 0 Å². The van der Waals surface area contributed by atoms with E-state index in [0.29, 0.717) is 6.04 Å². The van der Waals surface area contributed by atoms with Crippen LogP contribution in [-0.2, 0) is 6.54 Å². The molecule has 0 aliphatic carbocycles. The van der Waals surface area contributed by atoms with Crippen LogP contribution in [0.15, 0.2) is 18.3 Å². The third kappa shape index (κ3) is 5.18. The molecule has 0 aliphatic heterocycles. The zero-order valence-electron chi connectivity index (χ0n) is 11.3. The molecule has 0 aliphatic rings. The minimum Gasteiger partial charge on any atom is -0.397 e. The predicted molar refractivity (Wildman–Crippen MR) is 73.7 cm³/mol. The van der Waals surface area contributed by atoms with Crippen LogP contribution >= 0.6 is 0 Å². The highest BCUT2D eigenvalue weighted by atomic mass is 15.1. The van der Waals surface area contributed by atoms with Crippen molar-refractivity contribution < 1.29 is 0 Å². The Morgan fingerprint density at radius 3 is 2.59 bits per heavy atom. The van der Waals surface area contributed by atoms with Crippen molar-refractivity contribution in [1.29, 1.82) is 0 Å². The molecule has 3 heteroatoms. The molecule has 0 radical (unpaired) electrons. The second-order valence-electron chi connectivity index (χ2n) is 4.85. The lowest BCUT2D eigenvalue weighted by Gasteiger charge is -2.26. The number of pyridine rings is 1. The highest BCUT2D eigenvalue weighted by Gasteiger charge is 2.10. The lowest BCUT2D eigenvalue weighted by Crippen LogP contribution is -2.31. The maximum absolute atomic E-state index is 5.64. The van der Waals surface area contributed by atoms with Crippen molar-refractivity contribution in [3.05, 3.63) is 24.0 Å². The molecule has 0 saturated carbocycles. The lowest BCUT2D eigenvalue weighted by atomic mass is 10.2. The fourth-order valence-corrected chi connectivity index (χ4v) is 1.82. The highest BCUT2D eigenvalue weighted by molar-refractivity contribution is 5.34. The minimum absolute atomic E-state index is 0.561. The molecule has 0 atom stereocenters. The van der Waals surface area contributed by atoms with Gasteiger partial charge in [-0.05, 0) is 38.9 Å². The SMILES string of the molecule is CCCCCN(Cc1ccc(N)cn1)C(C)C. The summed E-state index contributed by atoms with van der Waals surface area (Å²) in [6, 6.07) is 4.50. The van der Waals surface area contributed by atoms with E-state index in [9.17, 15) is 0 Å². The van der Waals surface area contributed by atoms with Crippen LogP contribution in [0.1, 0.15) is 45.7 Å². The third-order valence-electron chi connectivity index (χ3n) is 2.99. The van der Waals surface area contributed by atoms with E-state index in [4.69, 9.17) is 5.73 Å². The van der Waals surface area contributed by atoms with Gasteiger partial charge in [-0.3, -0.25) is 9.88 Å². The summed E-state index contributed by atoms with van der Waals surface area (Å²) in [5, 5.41) is 0. The second kappa shape index (κ2) is 7.28. The van der Waals surface area contributed by atoms with E-state index in [1.54, 1.807) is 6.20 Å². The van der Waals surface area contributed by atoms with Crippen LogP contribution in [0.5, 0.6) is 0 Å². The Kier molecular flexibility index (Phi) is 5.98. The van der Waals surface area contributed by atoms with Gasteiger partial charge in [-0.2, -0.15) is 0 Å². The number of anilines is 1. The first kappa shape index (κ1) is 14.0. The van der Waals surface area contributed by atoms with E-state index in [1.165, 1.54) is 19.3 Å². The Morgan fingerprint density at radius 1 is 1.29 bits per heavy atom. The van der Waals surface area contributed by atoms with Gasteiger partial charge in [-0.1, -0.05) is 19.8 Å². The van der Waals surface area contributed by atoms with Gasteiger partial charge in [0.05, 0.1) is 17.6 Å². The van der Waals surface area contributed by atoms with Gasteiger partial charge < -0.3 is 5.73 Å². The molecule has 1 heterocycles. The molecule has 0 unspecified atom stereocenters. The molecular formula is C14H25N3. The van der Waals surface area contributed by atoms with Crippen LogP contribution in [0.4, 0.5) is 5.69 Å². The van der Waals surface area contributed by atoms with E-state index < -0.39 is 0 Å². The summed E-state index contributed by atoms with van der Waals surface area (Å²) < 4.78 is 0. The van der Waals surface area contributed by atoms with Gasteiger partial charge in [-0.15, -0.1) is 0 Å². The van der Waals surface area contributed by atoms with Crippen LogP contribution in [0, 0.1) is 0 Å². The average Bonchev–Trinajstić information content (AvgIpc) is 2.30. The van der Waals surface area contributed by atoms with Crippen LogP contribution < -0.4 is 5.73 Å². The number of rotatable bonds is 7. The number of hydrogen-bond acceptors (Lipinski definition) is 3. The molecule has 1 aromatic heterocycles. The van der Waals surface area contributed by atoms with E-state index in [-0.39, 0.29) is 0 Å². The van der Waals surface area contributed by atoms with Crippen molar-refractivity contribution in [3.8, 4) is 0 Å². The Morgan fingerprint density at radius 2 is 2.06 bits per heavy atom. The smallest absolute Gasteiger partial charge is 0.0545 e. The van der Waals surface area contributed by atoms with E-state index >= 15 is 0 Å². The fourth-order valence-electron chi connectivity index (χ4n) is 1.82. The molecule has 2 N–H and O–H groups in total. The maximum atomic E-state index is 5.64. The number of nitrogens with two attached hydrogens (primary N) is 1. The first-order chi connectivity index (χ1) is 8.13. The van der Waals surface area contributed by atoms with Crippen LogP contribution in [-0.4, -0.2) is 22.5 Å². The summed E-state index contributed by atoms with van der Waals surface area (Å²) in [4.78, 5) is 6.83. The van der Waals surface area contributed by atoms with Gasteiger partial charge in [0.15, 0.2) is 0 Å². The largest absolute Gasteiger partial charge is 0.397 e. The molecule has 0 bridgehead atoms. The topological polar surface area (TPSA) is 42.1 Å². The van der Waals surface area contributed by atoms with E-state index in [0.717, 1.165) is 24.5 Å². The summed E-state index contributed by atoms with van der Waals surface area (Å²) >= 11 is 0. The summed E-state index contributed by atoms with van der Waals surface area (Å²) in [7, 11) is 0. The standard InChI is InChI=1S/C14H25N3/c1-4-5-6-9-17(12(2)3)11-14-8-7-13(15)10-16-14/h7-8,10,12H,4-6,9,11,15H2,1-3H3. The van der Waals surface area contributed by atoms with Gasteiger partial charge in [0, 0.05) is 12.6 Å². The Labute approximate surface area is 105 Å².